The van der Waals surface area contributed by atoms with Gasteiger partial charge in [-0.25, -0.2) is 0 Å². The van der Waals surface area contributed by atoms with E-state index in [0.717, 1.165) is 11.4 Å². The van der Waals surface area contributed by atoms with Crippen LogP contribution in [-0.4, -0.2) is 11.3 Å². The molecule has 11 aromatic rings. The summed E-state index contributed by atoms with van der Waals surface area (Å²) in [5.41, 5.74) is 23.8. The maximum atomic E-state index is 2.61. The van der Waals surface area contributed by atoms with E-state index in [0.29, 0.717) is 0 Å². The van der Waals surface area contributed by atoms with Crippen LogP contribution < -0.4 is 26.2 Å². The first-order valence-electron chi connectivity index (χ1n) is 24.3. The van der Waals surface area contributed by atoms with Crippen molar-refractivity contribution >= 4 is 111 Å². The van der Waals surface area contributed by atoms with Crippen LogP contribution in [0.1, 0.15) is 59.7 Å². The van der Waals surface area contributed by atoms with Crippen LogP contribution in [-0.2, 0) is 5.41 Å². The van der Waals surface area contributed by atoms with Gasteiger partial charge in [0.05, 0.1) is 16.7 Å². The van der Waals surface area contributed by atoms with Gasteiger partial charge in [0.2, 0.25) is 0 Å². The number of nitrogens with zero attached hydrogens (tertiary/aromatic N) is 3. The third-order valence-corrected chi connectivity index (χ3v) is 15.6. The van der Waals surface area contributed by atoms with E-state index < -0.39 is 0 Å². The molecule has 2 aliphatic rings. The number of hydrogen-bond acceptors (Lipinski definition) is 2. The molecular formula is C64H54BN3. The van der Waals surface area contributed by atoms with Crippen molar-refractivity contribution in [2.75, 3.05) is 9.80 Å². The zero-order chi connectivity index (χ0) is 46.5. The van der Waals surface area contributed by atoms with Gasteiger partial charge in [0.25, 0.3) is 6.71 Å². The minimum atomic E-state index is -0.0465. The second-order valence-corrected chi connectivity index (χ2v) is 21.0. The molecule has 10 aromatic carbocycles. The second kappa shape index (κ2) is 14.5. The fraction of sp³-hybridized carbons (Fsp3) is 0.156. The Balaban J connectivity index is 1.20. The smallest absolute Gasteiger partial charge is 0.252 e. The number of fused-ring (bicyclic) bond motifs is 13. The molecular weight excluding hydrogens is 822 g/mol. The molecule has 0 radical (unpaired) electrons. The lowest BCUT2D eigenvalue weighted by Crippen LogP contribution is -2.61. The highest BCUT2D eigenvalue weighted by molar-refractivity contribution is 7.00. The summed E-state index contributed by atoms with van der Waals surface area (Å²) < 4.78 is 2.53. The maximum Gasteiger partial charge on any atom is 0.252 e. The second-order valence-electron chi connectivity index (χ2n) is 21.0. The van der Waals surface area contributed by atoms with Crippen LogP contribution in [0.2, 0.25) is 0 Å². The van der Waals surface area contributed by atoms with E-state index in [-0.39, 0.29) is 12.1 Å². The fourth-order valence-electron chi connectivity index (χ4n) is 11.8. The van der Waals surface area contributed by atoms with E-state index in [4.69, 9.17) is 0 Å². The van der Waals surface area contributed by atoms with Gasteiger partial charge in [-0.1, -0.05) is 123 Å². The van der Waals surface area contributed by atoms with Crippen molar-refractivity contribution in [3.63, 3.8) is 0 Å². The highest BCUT2D eigenvalue weighted by atomic mass is 15.2. The third kappa shape index (κ3) is 5.86. The number of hydrogen-bond donors (Lipinski definition) is 0. The molecule has 13 rings (SSSR count). The molecule has 0 amide bonds. The van der Waals surface area contributed by atoms with Gasteiger partial charge >= 0.3 is 0 Å². The van der Waals surface area contributed by atoms with Gasteiger partial charge in [-0.2, -0.15) is 0 Å². The van der Waals surface area contributed by atoms with Crippen LogP contribution in [0.25, 0.3) is 59.8 Å². The Morgan fingerprint density at radius 2 is 0.868 bits per heavy atom. The average molecular weight is 876 g/mol. The van der Waals surface area contributed by atoms with Crippen molar-refractivity contribution in [1.82, 2.24) is 4.57 Å². The number of aromatic nitrogens is 1. The molecule has 2 aliphatic heterocycles. The molecule has 0 fully saturated rings. The summed E-state index contributed by atoms with van der Waals surface area (Å²) >= 11 is 0. The van der Waals surface area contributed by atoms with E-state index in [1.165, 1.54) is 138 Å². The predicted octanol–water partition coefficient (Wildman–Crippen LogP) is 15.5. The summed E-state index contributed by atoms with van der Waals surface area (Å²) in [7, 11) is 0. The number of aryl methyl sites for hydroxylation is 6. The molecule has 1 aromatic heterocycles. The molecule has 0 saturated heterocycles. The molecule has 4 heteroatoms. The minimum absolute atomic E-state index is 0.00613. The van der Waals surface area contributed by atoms with Crippen molar-refractivity contribution in [3.8, 4) is 5.69 Å². The predicted molar refractivity (Wildman–Crippen MR) is 294 cm³/mol. The van der Waals surface area contributed by atoms with Crippen molar-refractivity contribution in [3.05, 3.63) is 203 Å². The lowest BCUT2D eigenvalue weighted by atomic mass is 9.33. The van der Waals surface area contributed by atoms with Crippen LogP contribution in [0.5, 0.6) is 0 Å². The molecule has 328 valence electrons. The first-order chi connectivity index (χ1) is 32.8. The Morgan fingerprint density at radius 1 is 0.353 bits per heavy atom. The van der Waals surface area contributed by atoms with Crippen LogP contribution in [0.4, 0.5) is 34.1 Å². The third-order valence-electron chi connectivity index (χ3n) is 15.6. The summed E-state index contributed by atoms with van der Waals surface area (Å²) in [5.74, 6) is 0. The van der Waals surface area contributed by atoms with Crippen molar-refractivity contribution in [2.45, 2.75) is 67.7 Å². The van der Waals surface area contributed by atoms with E-state index in [2.05, 4.69) is 240 Å². The molecule has 0 N–H and O–H groups in total. The summed E-state index contributed by atoms with van der Waals surface area (Å²) in [6.07, 6.45) is 0. The molecule has 0 aliphatic carbocycles. The van der Waals surface area contributed by atoms with E-state index in [1.807, 2.05) is 0 Å². The van der Waals surface area contributed by atoms with E-state index in [9.17, 15) is 0 Å². The summed E-state index contributed by atoms with van der Waals surface area (Å²) in [4.78, 5) is 5.20. The van der Waals surface area contributed by atoms with Gasteiger partial charge in [0.15, 0.2) is 0 Å². The maximum absolute atomic E-state index is 2.61. The number of anilines is 6. The fourth-order valence-corrected chi connectivity index (χ4v) is 11.8. The lowest BCUT2D eigenvalue weighted by molar-refractivity contribution is 0.591. The van der Waals surface area contributed by atoms with Gasteiger partial charge < -0.3 is 14.4 Å². The van der Waals surface area contributed by atoms with Crippen molar-refractivity contribution < 1.29 is 0 Å². The standard InChI is InChI=1S/C64H54BN3/c1-37-18-25-57-53(28-37)54-29-38(2)19-26-58(54)68(57)46-35-61-63-62(36-46)67(44-22-20-39(3)40(4)30-44)60-32-42(6)41(5)31-55(60)65(63)56-33-43(64(7,8)9)21-27-59(56)66(61)45-23-24-51-49-16-11-10-14-47(49)48-15-12-13-17-50(48)52(51)34-45/h10-36H,1-9H3. The molecule has 3 heterocycles. The Hall–Kier alpha value is -7.56. The topological polar surface area (TPSA) is 11.4 Å². The Bertz CT molecular complexity index is 3900. The highest BCUT2D eigenvalue weighted by Crippen LogP contribution is 2.48. The lowest BCUT2D eigenvalue weighted by Gasteiger charge is -2.45. The minimum Gasteiger partial charge on any atom is -0.311 e. The number of benzene rings is 10. The molecule has 3 nitrogen and oxygen atoms in total. The Kier molecular flexibility index (Phi) is 8.66. The van der Waals surface area contributed by atoms with Crippen LogP contribution in [0.15, 0.2) is 164 Å². The average Bonchev–Trinajstić information content (AvgIpc) is 3.64. The van der Waals surface area contributed by atoms with E-state index >= 15 is 0 Å². The van der Waals surface area contributed by atoms with E-state index in [1.54, 1.807) is 0 Å². The van der Waals surface area contributed by atoms with Crippen LogP contribution in [0, 0.1) is 41.5 Å². The molecule has 0 spiro atoms. The molecule has 68 heavy (non-hydrogen) atoms. The van der Waals surface area contributed by atoms with Gasteiger partial charge in [0.1, 0.15) is 0 Å². The SMILES string of the molecule is Cc1ccc2c(c1)c1cc(C)ccc1n2-c1cc2c3c(c1)N(c1ccc(C)c(C)c1)c1cc(C)c(C)cc1B3c1cc(C(C)(C)C)ccc1N2c1ccc2c3ccccc3c3ccccc3c2c1. The number of rotatable bonds is 3. The van der Waals surface area contributed by atoms with Crippen LogP contribution >= 0.6 is 0 Å². The normalized spacial score (nSPS) is 13.3. The summed E-state index contributed by atoms with van der Waals surface area (Å²) in [6.45, 7) is 20.5. The highest BCUT2D eigenvalue weighted by Gasteiger charge is 2.44. The largest absolute Gasteiger partial charge is 0.311 e. The van der Waals surface area contributed by atoms with Gasteiger partial charge in [0, 0.05) is 44.9 Å². The van der Waals surface area contributed by atoms with Crippen LogP contribution in [0.3, 0.4) is 0 Å². The molecule has 0 atom stereocenters. The Labute approximate surface area is 400 Å². The monoisotopic (exact) mass is 875 g/mol. The summed E-state index contributed by atoms with van der Waals surface area (Å²) in [6, 6.07) is 63.4. The first-order valence-corrected chi connectivity index (χ1v) is 24.3. The zero-order valence-corrected chi connectivity index (χ0v) is 40.5. The molecule has 0 bridgehead atoms. The van der Waals surface area contributed by atoms with Crippen molar-refractivity contribution in [1.29, 1.82) is 0 Å². The Morgan fingerprint density at radius 3 is 1.47 bits per heavy atom. The zero-order valence-electron chi connectivity index (χ0n) is 40.5. The van der Waals surface area contributed by atoms with Gasteiger partial charge in [-0.15, -0.1) is 0 Å². The van der Waals surface area contributed by atoms with Gasteiger partial charge in [-0.05, 0) is 196 Å². The summed E-state index contributed by atoms with van der Waals surface area (Å²) in [5, 5.41) is 10.2. The first kappa shape index (κ1) is 40.7. The van der Waals surface area contributed by atoms with Crippen molar-refractivity contribution in [2.24, 2.45) is 0 Å². The van der Waals surface area contributed by atoms with Gasteiger partial charge in [-0.3, -0.25) is 0 Å². The quantitative estimate of drug-likeness (QED) is 0.129. The molecule has 0 unspecified atom stereocenters. The molecule has 0 saturated carbocycles.